The van der Waals surface area contributed by atoms with E-state index in [0.717, 1.165) is 35.3 Å². The lowest BCUT2D eigenvalue weighted by Crippen LogP contribution is -2.04. The molecule has 1 aliphatic carbocycles. The minimum atomic E-state index is -2.73. The fourth-order valence-corrected chi connectivity index (χ4v) is 4.69. The molecule has 0 saturated heterocycles. The van der Waals surface area contributed by atoms with E-state index in [0.29, 0.717) is 33.6 Å². The Balaban J connectivity index is 1.85. The highest BCUT2D eigenvalue weighted by Crippen LogP contribution is 2.41. The van der Waals surface area contributed by atoms with E-state index in [2.05, 4.69) is 4.72 Å². The number of rotatable bonds is 7. The number of benzene rings is 2. The molecule has 5 nitrogen and oxygen atoms in total. The maximum atomic E-state index is 13.2. The Kier molecular flexibility index (Phi) is 5.95. The van der Waals surface area contributed by atoms with Gasteiger partial charge in [-0.3, -0.25) is 9.52 Å². The zero-order valence-corrected chi connectivity index (χ0v) is 18.8. The molecule has 1 fully saturated rings. The van der Waals surface area contributed by atoms with Gasteiger partial charge in [0.25, 0.3) is 0 Å². The molecular formula is C22H21ClN2O3S2. The van der Waals surface area contributed by atoms with Crippen LogP contribution in [0.2, 0.25) is 5.02 Å². The molecule has 0 unspecified atom stereocenters. The molecule has 8 heteroatoms. The summed E-state index contributed by atoms with van der Waals surface area (Å²) in [6.45, 7) is 1.93. The third kappa shape index (κ3) is 4.29. The van der Waals surface area contributed by atoms with Crippen molar-refractivity contribution < 1.29 is 13.2 Å². The zero-order valence-electron chi connectivity index (χ0n) is 16.3. The Hall–Kier alpha value is -2.22. The van der Waals surface area contributed by atoms with Crippen LogP contribution in [0.3, 0.4) is 0 Å². The van der Waals surface area contributed by atoms with Gasteiger partial charge in [0, 0.05) is 39.6 Å². The van der Waals surface area contributed by atoms with Gasteiger partial charge in [0.1, 0.15) is 0 Å². The predicted molar refractivity (Wildman–Crippen MR) is 124 cm³/mol. The third-order valence-electron chi connectivity index (χ3n) is 5.31. The molecule has 0 amide bonds. The fourth-order valence-electron chi connectivity index (χ4n) is 3.70. The van der Waals surface area contributed by atoms with Crippen molar-refractivity contribution in [2.75, 3.05) is 4.72 Å². The lowest BCUT2D eigenvalue weighted by molar-refractivity contribution is 0.0976. The van der Waals surface area contributed by atoms with Crippen LogP contribution in [0.5, 0.6) is 0 Å². The molecule has 2 aromatic carbocycles. The summed E-state index contributed by atoms with van der Waals surface area (Å²) in [5.41, 5.74) is 4.40. The Bertz CT molecular complexity index is 1170. The second-order valence-electron chi connectivity index (χ2n) is 7.49. The van der Waals surface area contributed by atoms with Gasteiger partial charge < -0.3 is 4.57 Å². The highest BCUT2D eigenvalue weighted by Gasteiger charge is 2.30. The quantitative estimate of drug-likeness (QED) is 0.330. The molecular weight excluding hydrogens is 440 g/mol. The highest BCUT2D eigenvalue weighted by atomic mass is 35.5. The lowest BCUT2D eigenvalue weighted by atomic mass is 9.97. The van der Waals surface area contributed by atoms with E-state index in [1.807, 2.05) is 23.6 Å². The van der Waals surface area contributed by atoms with Crippen molar-refractivity contribution in [3.05, 3.63) is 64.8 Å². The van der Waals surface area contributed by atoms with Crippen LogP contribution < -0.4 is 4.72 Å². The van der Waals surface area contributed by atoms with Crippen molar-refractivity contribution in [1.82, 2.24) is 4.57 Å². The Morgan fingerprint density at radius 2 is 1.77 bits per heavy atom. The first kappa shape index (κ1) is 21.0. The minimum absolute atomic E-state index is 0.109. The molecule has 30 heavy (non-hydrogen) atoms. The van der Waals surface area contributed by atoms with Gasteiger partial charge in [-0.1, -0.05) is 23.7 Å². The zero-order chi connectivity index (χ0) is 21.4. The maximum absolute atomic E-state index is 13.2. The van der Waals surface area contributed by atoms with Gasteiger partial charge in [0.2, 0.25) is 10.9 Å². The smallest absolute Gasteiger partial charge is 0.222 e. The number of nitrogens with zero attached hydrogens (tertiary/aromatic N) is 1. The largest absolute Gasteiger partial charge is 0.308 e. The predicted octanol–water partition coefficient (Wildman–Crippen LogP) is 5.32. The lowest BCUT2D eigenvalue weighted by Gasteiger charge is -2.09. The van der Waals surface area contributed by atoms with Crippen LogP contribution in [0.25, 0.3) is 16.8 Å². The summed E-state index contributed by atoms with van der Waals surface area (Å²) in [7, 11) is -2.73. The average Bonchev–Trinajstić information content (AvgIpc) is 3.47. The molecule has 0 radical (unpaired) electrons. The summed E-state index contributed by atoms with van der Waals surface area (Å²) in [5, 5.41) is 1.29. The van der Waals surface area contributed by atoms with E-state index in [4.69, 9.17) is 24.2 Å². The molecule has 1 heterocycles. The van der Waals surface area contributed by atoms with Gasteiger partial charge in [-0.2, -0.15) is 0 Å². The number of anilines is 1. The number of carbonyl (C=O) groups is 1. The monoisotopic (exact) mass is 460 g/mol. The average molecular weight is 461 g/mol. The number of thiol groups is 2. The van der Waals surface area contributed by atoms with Gasteiger partial charge in [0.05, 0.1) is 5.03 Å². The van der Waals surface area contributed by atoms with Crippen molar-refractivity contribution in [2.24, 2.45) is 5.92 Å². The molecule has 0 aliphatic heterocycles. The minimum Gasteiger partial charge on any atom is -0.308 e. The molecule has 1 aliphatic rings. The number of ketones is 1. The van der Waals surface area contributed by atoms with Crippen LogP contribution in [-0.2, 0) is 10.9 Å². The van der Waals surface area contributed by atoms with Gasteiger partial charge >= 0.3 is 0 Å². The standard InChI is InChI=1S/C22H21ClN2O3S2/c1-13-20(19(26)12-14-2-3-14)21(15-4-8-17(9-5-15)24-30(27)28)22(29)25(13)18-10-6-16(23)7-11-18/h4-11,14,29-30H,2-3,12H2,1H3,(H,24,27,28). The van der Waals surface area contributed by atoms with Crippen molar-refractivity contribution in [1.29, 1.82) is 0 Å². The Morgan fingerprint density at radius 3 is 2.33 bits per heavy atom. The second-order valence-corrected chi connectivity index (χ2v) is 9.09. The van der Waals surface area contributed by atoms with Crippen LogP contribution in [0.15, 0.2) is 53.6 Å². The summed E-state index contributed by atoms with van der Waals surface area (Å²) in [5.74, 6) is 0.574. The molecule has 1 N–H and O–H groups in total. The maximum Gasteiger partial charge on any atom is 0.222 e. The summed E-state index contributed by atoms with van der Waals surface area (Å²) < 4.78 is 26.2. The van der Waals surface area contributed by atoms with Crippen LogP contribution in [0, 0.1) is 12.8 Å². The van der Waals surface area contributed by atoms with E-state index >= 15 is 0 Å². The number of nitrogens with one attached hydrogen (secondary N) is 1. The Morgan fingerprint density at radius 1 is 1.13 bits per heavy atom. The van der Waals surface area contributed by atoms with Crippen molar-refractivity contribution >= 4 is 46.6 Å². The first-order chi connectivity index (χ1) is 14.3. The molecule has 0 atom stereocenters. The van der Waals surface area contributed by atoms with Crippen LogP contribution in [-0.4, -0.2) is 18.8 Å². The molecule has 1 saturated carbocycles. The van der Waals surface area contributed by atoms with Crippen LogP contribution in [0.4, 0.5) is 5.69 Å². The first-order valence-corrected chi connectivity index (χ1v) is 11.6. The highest BCUT2D eigenvalue weighted by molar-refractivity contribution is 7.80. The van der Waals surface area contributed by atoms with Crippen molar-refractivity contribution in [2.45, 2.75) is 31.2 Å². The Labute approximate surface area is 187 Å². The molecule has 1 aromatic heterocycles. The summed E-state index contributed by atoms with van der Waals surface area (Å²) >= 11 is 10.8. The van der Waals surface area contributed by atoms with E-state index in [9.17, 15) is 13.2 Å². The summed E-state index contributed by atoms with van der Waals surface area (Å²) in [6.07, 6.45) is 2.72. The summed E-state index contributed by atoms with van der Waals surface area (Å²) in [4.78, 5) is 13.2. The first-order valence-electron chi connectivity index (χ1n) is 9.60. The van der Waals surface area contributed by atoms with E-state index in [-0.39, 0.29) is 5.78 Å². The van der Waals surface area contributed by atoms with Gasteiger partial charge in [-0.25, -0.2) is 8.42 Å². The second kappa shape index (κ2) is 8.49. The number of hydrogen-bond donors (Lipinski definition) is 3. The van der Waals surface area contributed by atoms with Crippen molar-refractivity contribution in [3.8, 4) is 16.8 Å². The van der Waals surface area contributed by atoms with Gasteiger partial charge in [-0.15, -0.1) is 12.6 Å². The fraction of sp³-hybridized carbons (Fsp3) is 0.227. The van der Waals surface area contributed by atoms with Gasteiger partial charge in [0.15, 0.2) is 5.78 Å². The molecule has 0 bridgehead atoms. The molecule has 4 rings (SSSR count). The number of carbonyl (C=O) groups excluding carboxylic acids is 1. The SMILES string of the molecule is Cc1c(C(=O)CC2CC2)c(-c2ccc(N[SH](=O)=O)cc2)c(S)n1-c1ccc(Cl)cc1. The topological polar surface area (TPSA) is 68.2 Å². The van der Waals surface area contributed by atoms with Crippen molar-refractivity contribution in [3.63, 3.8) is 0 Å². The van der Waals surface area contributed by atoms with Crippen LogP contribution >= 0.6 is 24.2 Å². The third-order valence-corrected chi connectivity index (χ3v) is 6.43. The van der Waals surface area contributed by atoms with Crippen LogP contribution in [0.1, 0.15) is 35.3 Å². The number of hydrogen-bond acceptors (Lipinski definition) is 4. The van der Waals surface area contributed by atoms with E-state index < -0.39 is 10.9 Å². The number of Topliss-reactive ketones (excluding diaryl/α,β-unsaturated/α-hetero) is 1. The number of aromatic nitrogens is 1. The molecule has 3 aromatic rings. The summed E-state index contributed by atoms with van der Waals surface area (Å²) in [6, 6.07) is 14.4. The molecule has 0 spiro atoms. The van der Waals surface area contributed by atoms with E-state index in [1.54, 1.807) is 36.4 Å². The molecule has 156 valence electrons. The van der Waals surface area contributed by atoms with E-state index in [1.165, 1.54) is 0 Å². The van der Waals surface area contributed by atoms with Gasteiger partial charge in [-0.05, 0) is 67.6 Å². The normalized spacial score (nSPS) is 13.6. The number of halogens is 1.